The van der Waals surface area contributed by atoms with Gasteiger partial charge in [-0.05, 0) is 31.5 Å². The molecular weight excluding hydrogens is 206 g/mol. The zero-order chi connectivity index (χ0) is 12.2. The molecule has 88 valence electrons. The van der Waals surface area contributed by atoms with Crippen LogP contribution in [-0.2, 0) is 16.1 Å². The van der Waals surface area contributed by atoms with E-state index in [-0.39, 0.29) is 11.7 Å². The normalized spacial score (nSPS) is 11.2. The highest BCUT2D eigenvalue weighted by Gasteiger charge is 2.27. The van der Waals surface area contributed by atoms with Crippen LogP contribution in [0.2, 0.25) is 0 Å². The Kier molecular flexibility index (Phi) is 3.90. The van der Waals surface area contributed by atoms with Gasteiger partial charge in [-0.2, -0.15) is 0 Å². The van der Waals surface area contributed by atoms with Crippen LogP contribution in [0.15, 0.2) is 24.3 Å². The lowest BCUT2D eigenvalue weighted by Crippen LogP contribution is -2.46. The van der Waals surface area contributed by atoms with E-state index in [2.05, 4.69) is 10.1 Å². The van der Waals surface area contributed by atoms with E-state index >= 15 is 0 Å². The molecule has 1 aromatic rings. The Balaban J connectivity index is 2.57. The number of ether oxygens (including phenoxy) is 1. The van der Waals surface area contributed by atoms with Crippen LogP contribution >= 0.6 is 0 Å². The lowest BCUT2D eigenvalue weighted by molar-refractivity contribution is -0.147. The van der Waals surface area contributed by atoms with Crippen LogP contribution in [0, 0.1) is 0 Å². The van der Waals surface area contributed by atoms with Crippen molar-refractivity contribution in [3.05, 3.63) is 29.8 Å². The lowest BCUT2D eigenvalue weighted by atomic mass is 10.1. The first kappa shape index (κ1) is 12.5. The summed E-state index contributed by atoms with van der Waals surface area (Å²) in [7, 11) is 1.37. The minimum atomic E-state index is -0.716. The molecule has 0 aromatic heterocycles. The van der Waals surface area contributed by atoms with Crippen molar-refractivity contribution in [1.82, 2.24) is 5.32 Å². The largest absolute Gasteiger partial charge is 0.508 e. The molecule has 1 rings (SSSR count). The molecule has 0 atom stereocenters. The number of phenols is 1. The molecule has 0 spiro atoms. The molecule has 0 heterocycles. The van der Waals surface area contributed by atoms with Crippen LogP contribution < -0.4 is 5.32 Å². The number of carbonyl (C=O) groups excluding carboxylic acids is 1. The van der Waals surface area contributed by atoms with Crippen molar-refractivity contribution in [1.29, 1.82) is 0 Å². The van der Waals surface area contributed by atoms with Gasteiger partial charge < -0.3 is 9.84 Å². The standard InChI is InChI=1S/C12H17NO3/c1-12(2,11(15)16-3)13-8-9-4-6-10(14)7-5-9/h4-7,13-14H,8H2,1-3H3. The number of nitrogens with one attached hydrogen (secondary N) is 1. The Morgan fingerprint density at radius 2 is 1.94 bits per heavy atom. The summed E-state index contributed by atoms with van der Waals surface area (Å²) < 4.78 is 4.68. The molecule has 0 aliphatic heterocycles. The summed E-state index contributed by atoms with van der Waals surface area (Å²) >= 11 is 0. The number of rotatable bonds is 4. The number of esters is 1. The van der Waals surface area contributed by atoms with Gasteiger partial charge in [0.05, 0.1) is 7.11 Å². The molecule has 0 unspecified atom stereocenters. The fraction of sp³-hybridized carbons (Fsp3) is 0.417. The second-order valence-electron chi connectivity index (χ2n) is 4.14. The summed E-state index contributed by atoms with van der Waals surface area (Å²) in [6.07, 6.45) is 0. The number of methoxy groups -OCH3 is 1. The molecule has 4 nitrogen and oxygen atoms in total. The predicted molar refractivity (Wildman–Crippen MR) is 61.0 cm³/mol. The van der Waals surface area contributed by atoms with Gasteiger partial charge >= 0.3 is 5.97 Å². The Bertz CT molecular complexity index is 357. The summed E-state index contributed by atoms with van der Waals surface area (Å²) in [5.41, 5.74) is 0.280. The third-order valence-electron chi connectivity index (χ3n) is 2.37. The van der Waals surface area contributed by atoms with Crippen LogP contribution in [0.5, 0.6) is 5.75 Å². The Hall–Kier alpha value is -1.55. The van der Waals surface area contributed by atoms with E-state index in [0.717, 1.165) is 5.56 Å². The number of aromatic hydroxyl groups is 1. The van der Waals surface area contributed by atoms with Gasteiger partial charge in [-0.1, -0.05) is 12.1 Å². The SMILES string of the molecule is COC(=O)C(C)(C)NCc1ccc(O)cc1. The second kappa shape index (κ2) is 4.99. The first-order valence-corrected chi connectivity index (χ1v) is 5.07. The van der Waals surface area contributed by atoms with E-state index in [1.165, 1.54) is 7.11 Å². The third kappa shape index (κ3) is 3.24. The summed E-state index contributed by atoms with van der Waals surface area (Å²) in [6, 6.07) is 6.83. The number of phenolic OH excluding ortho intramolecular Hbond substituents is 1. The number of carbonyl (C=O) groups is 1. The van der Waals surface area contributed by atoms with Crippen LogP contribution in [0.1, 0.15) is 19.4 Å². The quantitative estimate of drug-likeness (QED) is 0.758. The monoisotopic (exact) mass is 223 g/mol. The average molecular weight is 223 g/mol. The summed E-state index contributed by atoms with van der Waals surface area (Å²) in [6.45, 7) is 4.07. The molecule has 16 heavy (non-hydrogen) atoms. The molecular formula is C12H17NO3. The van der Waals surface area contributed by atoms with E-state index in [0.29, 0.717) is 6.54 Å². The maximum absolute atomic E-state index is 11.4. The summed E-state index contributed by atoms with van der Waals surface area (Å²) in [4.78, 5) is 11.4. The number of hydrogen-bond donors (Lipinski definition) is 2. The van der Waals surface area contributed by atoms with Crippen molar-refractivity contribution in [3.8, 4) is 5.75 Å². The van der Waals surface area contributed by atoms with E-state index in [9.17, 15) is 4.79 Å². The minimum absolute atomic E-state index is 0.232. The number of hydrogen-bond acceptors (Lipinski definition) is 4. The van der Waals surface area contributed by atoms with Crippen molar-refractivity contribution in [3.63, 3.8) is 0 Å². The maximum atomic E-state index is 11.4. The van der Waals surface area contributed by atoms with E-state index in [4.69, 9.17) is 5.11 Å². The van der Waals surface area contributed by atoms with Crippen LogP contribution in [0.25, 0.3) is 0 Å². The smallest absolute Gasteiger partial charge is 0.325 e. The fourth-order valence-corrected chi connectivity index (χ4v) is 1.26. The van der Waals surface area contributed by atoms with Crippen LogP contribution in [0.3, 0.4) is 0 Å². The molecule has 0 radical (unpaired) electrons. The van der Waals surface area contributed by atoms with Gasteiger partial charge in [-0.3, -0.25) is 10.1 Å². The molecule has 0 aliphatic carbocycles. The van der Waals surface area contributed by atoms with Gasteiger partial charge in [-0.15, -0.1) is 0 Å². The van der Waals surface area contributed by atoms with Gasteiger partial charge in [0.2, 0.25) is 0 Å². The predicted octanol–water partition coefficient (Wildman–Crippen LogP) is 1.43. The Labute approximate surface area is 95.2 Å². The zero-order valence-corrected chi connectivity index (χ0v) is 9.78. The average Bonchev–Trinajstić information content (AvgIpc) is 2.27. The van der Waals surface area contributed by atoms with E-state index < -0.39 is 5.54 Å². The molecule has 2 N–H and O–H groups in total. The van der Waals surface area contributed by atoms with Gasteiger partial charge in [0.1, 0.15) is 11.3 Å². The molecule has 4 heteroatoms. The maximum Gasteiger partial charge on any atom is 0.325 e. The van der Waals surface area contributed by atoms with Crippen molar-refractivity contribution in [2.75, 3.05) is 7.11 Å². The van der Waals surface area contributed by atoms with Crippen LogP contribution in [0.4, 0.5) is 0 Å². The van der Waals surface area contributed by atoms with Gasteiger partial charge in [0.15, 0.2) is 0 Å². The molecule has 0 aliphatic rings. The van der Waals surface area contributed by atoms with Gasteiger partial charge in [0.25, 0.3) is 0 Å². The van der Waals surface area contributed by atoms with E-state index in [1.807, 2.05) is 0 Å². The number of benzene rings is 1. The molecule has 1 aromatic carbocycles. The first-order chi connectivity index (χ1) is 7.45. The molecule has 0 saturated heterocycles. The van der Waals surface area contributed by atoms with Gasteiger partial charge in [0, 0.05) is 6.54 Å². The third-order valence-corrected chi connectivity index (χ3v) is 2.37. The summed E-state index contributed by atoms with van der Waals surface area (Å²) in [5.74, 6) is -0.0674. The second-order valence-corrected chi connectivity index (χ2v) is 4.14. The summed E-state index contributed by atoms with van der Waals surface area (Å²) in [5, 5.41) is 12.2. The van der Waals surface area contributed by atoms with Crippen LogP contribution in [-0.4, -0.2) is 23.7 Å². The van der Waals surface area contributed by atoms with Crippen molar-refractivity contribution in [2.24, 2.45) is 0 Å². The highest BCUT2D eigenvalue weighted by atomic mass is 16.5. The lowest BCUT2D eigenvalue weighted by Gasteiger charge is -2.23. The molecule has 0 saturated carbocycles. The highest BCUT2D eigenvalue weighted by Crippen LogP contribution is 2.11. The first-order valence-electron chi connectivity index (χ1n) is 5.07. The Morgan fingerprint density at radius 3 is 2.44 bits per heavy atom. The van der Waals surface area contributed by atoms with E-state index in [1.54, 1.807) is 38.1 Å². The van der Waals surface area contributed by atoms with Crippen molar-refractivity contribution in [2.45, 2.75) is 25.9 Å². The zero-order valence-electron chi connectivity index (χ0n) is 9.78. The van der Waals surface area contributed by atoms with Crippen molar-refractivity contribution >= 4 is 5.97 Å². The highest BCUT2D eigenvalue weighted by molar-refractivity contribution is 5.79. The Morgan fingerprint density at radius 1 is 1.38 bits per heavy atom. The topological polar surface area (TPSA) is 58.6 Å². The molecule has 0 bridgehead atoms. The van der Waals surface area contributed by atoms with Gasteiger partial charge in [-0.25, -0.2) is 0 Å². The fourth-order valence-electron chi connectivity index (χ4n) is 1.26. The molecule has 0 amide bonds. The van der Waals surface area contributed by atoms with Crippen molar-refractivity contribution < 1.29 is 14.6 Å². The minimum Gasteiger partial charge on any atom is -0.508 e. The molecule has 0 fully saturated rings.